The normalized spacial score (nSPS) is 30.7. The van der Waals surface area contributed by atoms with E-state index in [1.165, 1.54) is 35.5 Å². The zero-order chi connectivity index (χ0) is 48.5. The molecule has 5 heterocycles. The van der Waals surface area contributed by atoms with Crippen molar-refractivity contribution in [2.45, 2.75) is 87.7 Å². The number of ether oxygens (including phenoxy) is 1. The van der Waals surface area contributed by atoms with Crippen molar-refractivity contribution in [1.29, 1.82) is 0 Å². The number of carbonyl (C=O) groups is 2. The molecule has 7 rings (SSSR count). The number of aromatic nitrogens is 6. The number of anilines is 1. The zero-order valence-corrected chi connectivity index (χ0v) is 37.5. The van der Waals surface area contributed by atoms with Crippen molar-refractivity contribution in [3.63, 3.8) is 0 Å². The summed E-state index contributed by atoms with van der Waals surface area (Å²) >= 11 is 0. The number of imidazole rings is 1. The number of hydrogen-bond donors (Lipinski definition) is 9. The predicted molar refractivity (Wildman–Crippen MR) is 213 cm³/mol. The number of phosphoric acid groups is 3. The van der Waals surface area contributed by atoms with Crippen molar-refractivity contribution < 1.29 is 105 Å². The van der Waals surface area contributed by atoms with Gasteiger partial charge in [-0.1, -0.05) is 0 Å². The number of nitrogen functional groups attached to an aromatic ring is 1. The molecule has 66 heavy (non-hydrogen) atoms. The SMILES string of the molecule is CC(=O)c1ccc[n+](C2C[C@H](COP(=O)([O-])[O-])[C@@H](O)[C@H]2O)c1.CC(=O)c1ccc[n+]([C@@H]2C[C@H](COP(=O)(O)OP(=O)(O)OC[C@H]3O[C@@H](n4cnc5c(N)ncnc54)[C@H](O)[C@@H]3O)[C@@H](O)[C@H]2O)c1. The fourth-order valence-electron chi connectivity index (χ4n) is 7.81. The first kappa shape index (κ1) is 51.5. The van der Waals surface area contributed by atoms with Gasteiger partial charge in [-0.2, -0.15) is 13.4 Å². The van der Waals surface area contributed by atoms with Gasteiger partial charge >= 0.3 is 15.6 Å². The van der Waals surface area contributed by atoms with Gasteiger partial charge in [-0.3, -0.25) is 23.2 Å². The van der Waals surface area contributed by atoms with E-state index in [2.05, 4.69) is 23.8 Å². The number of hydrogen-bond acceptors (Lipinski definition) is 22. The smallest absolute Gasteiger partial charge is 0.481 e. The maximum Gasteiger partial charge on any atom is 0.481 e. The fourth-order valence-corrected chi connectivity index (χ4v) is 10.3. The molecule has 4 aromatic heterocycles. The highest BCUT2D eigenvalue weighted by atomic mass is 31.3. The van der Waals surface area contributed by atoms with E-state index in [1.54, 1.807) is 47.4 Å². The number of nitrogens with two attached hydrogens (primary N) is 1. The van der Waals surface area contributed by atoms with Crippen molar-refractivity contribution in [2.24, 2.45) is 11.8 Å². The standard InChI is InChI=1S/C23H30N6O13P2.C13H18NO7P/c1-11(30)12-3-2-4-28(6-12)14-5-13(17(31)18(14)32)7-39-43(35,36)42-44(37,38)40-8-15-19(33)20(34)23(41-15)29-10-27-16-21(24)25-9-26-22(16)29;1-8(15)9-3-2-4-14(6-9)11-5-10(12(16)13(11)17)7-21-22(18,19)20/h2-4,6,9-10,13-15,17-20,23,31-34H,5,7-8H2,1H3,(H3-,24,25,26,35,36,37,38);2-4,6,10-13,16-17H,5,7H2,1H3,(H-,18,19,20)/t13-,14-,15-,17-,18+,19-,20-,23-;10-,11?,12-,13+/m11/s1. The average molecular weight is 992 g/mol. The summed E-state index contributed by atoms with van der Waals surface area (Å²) in [4.78, 5) is 76.1. The van der Waals surface area contributed by atoms with Crippen LogP contribution >= 0.6 is 23.5 Å². The topological polar surface area (TPSA) is 417 Å². The number of fused-ring (bicyclic) bond motifs is 1. The number of aliphatic hydroxyl groups is 6. The van der Waals surface area contributed by atoms with Gasteiger partial charge in [0, 0.05) is 36.8 Å². The highest BCUT2D eigenvalue weighted by molar-refractivity contribution is 7.61. The Kier molecular flexibility index (Phi) is 16.2. The predicted octanol–water partition coefficient (Wildman–Crippen LogP) is -2.94. The number of pyridine rings is 2. The molecule has 0 bridgehead atoms. The van der Waals surface area contributed by atoms with Crippen molar-refractivity contribution in [3.05, 3.63) is 72.8 Å². The highest BCUT2D eigenvalue weighted by Crippen LogP contribution is 2.61. The Balaban J connectivity index is 0.000000274. The number of Topliss-reactive ketones (excluding diaryl/α,β-unsaturated/α-hetero) is 2. The third-order valence-electron chi connectivity index (χ3n) is 11.3. The van der Waals surface area contributed by atoms with Crippen molar-refractivity contribution in [1.82, 2.24) is 19.5 Å². The van der Waals surface area contributed by atoms with Crippen molar-refractivity contribution in [2.75, 3.05) is 25.6 Å². The summed E-state index contributed by atoms with van der Waals surface area (Å²) in [7, 11) is -15.7. The summed E-state index contributed by atoms with van der Waals surface area (Å²) < 4.78 is 63.5. The molecule has 27 nitrogen and oxygen atoms in total. The van der Waals surface area contributed by atoms with E-state index in [9.17, 15) is 73.5 Å². The highest BCUT2D eigenvalue weighted by Gasteiger charge is 2.50. The largest absolute Gasteiger partial charge is 0.790 e. The minimum absolute atomic E-state index is 0.0624. The summed E-state index contributed by atoms with van der Waals surface area (Å²) in [6, 6.07) is 5.20. The van der Waals surface area contributed by atoms with Crippen LogP contribution in [0.3, 0.4) is 0 Å². The summed E-state index contributed by atoms with van der Waals surface area (Å²) in [5.74, 6) is -1.87. The molecule has 4 aromatic rings. The van der Waals surface area contributed by atoms with Crippen LogP contribution < -0.4 is 24.7 Å². The van der Waals surface area contributed by atoms with Crippen LogP contribution in [-0.2, 0) is 36.3 Å². The second kappa shape index (κ2) is 20.7. The number of phosphoric ester groups is 3. The molecule has 0 radical (unpaired) electrons. The van der Waals surface area contributed by atoms with Crippen LogP contribution in [0.4, 0.5) is 5.82 Å². The van der Waals surface area contributed by atoms with Crippen LogP contribution in [0, 0.1) is 11.8 Å². The van der Waals surface area contributed by atoms with Crippen LogP contribution in [0.5, 0.6) is 0 Å². The molecule has 30 heteroatoms. The maximum absolute atomic E-state index is 12.5. The van der Waals surface area contributed by atoms with Crippen LogP contribution in [0.2, 0.25) is 0 Å². The third kappa shape index (κ3) is 12.2. The number of aliphatic hydroxyl groups excluding tert-OH is 6. The number of carbonyl (C=O) groups excluding carboxylic acids is 2. The molecule has 2 aliphatic carbocycles. The van der Waals surface area contributed by atoms with Crippen LogP contribution in [0.15, 0.2) is 61.7 Å². The molecule has 3 aliphatic rings. The first-order chi connectivity index (χ1) is 30.9. The Morgan fingerprint density at radius 2 is 1.26 bits per heavy atom. The molecule has 3 unspecified atom stereocenters. The Morgan fingerprint density at radius 1 is 0.758 bits per heavy atom. The van der Waals surface area contributed by atoms with Gasteiger partial charge < -0.3 is 69.8 Å². The Hall–Kier alpha value is -3.92. The summed E-state index contributed by atoms with van der Waals surface area (Å²) in [5.41, 5.74) is 6.97. The zero-order valence-electron chi connectivity index (χ0n) is 34.8. The second-order valence-electron chi connectivity index (χ2n) is 15.8. The van der Waals surface area contributed by atoms with Crippen LogP contribution in [0.1, 0.15) is 65.7 Å². The third-order valence-corrected chi connectivity index (χ3v) is 14.3. The summed E-state index contributed by atoms with van der Waals surface area (Å²) in [6.45, 7) is 0.790. The van der Waals surface area contributed by atoms with Gasteiger partial charge in [0.15, 0.2) is 66.1 Å². The van der Waals surface area contributed by atoms with Gasteiger partial charge in [0.2, 0.25) is 0 Å². The molecule has 2 saturated carbocycles. The van der Waals surface area contributed by atoms with E-state index >= 15 is 0 Å². The van der Waals surface area contributed by atoms with Gasteiger partial charge in [-0.15, -0.1) is 0 Å². The molecule has 3 fully saturated rings. The molecule has 0 spiro atoms. The van der Waals surface area contributed by atoms with E-state index in [1.807, 2.05) is 0 Å². The number of ketones is 2. The van der Waals surface area contributed by atoms with Crippen LogP contribution in [0.25, 0.3) is 11.2 Å². The monoisotopic (exact) mass is 991 g/mol. The van der Waals surface area contributed by atoms with Gasteiger partial charge in [-0.05, 0) is 26.0 Å². The molecule has 14 atom stereocenters. The number of rotatable bonds is 16. The Morgan fingerprint density at radius 3 is 1.76 bits per heavy atom. The van der Waals surface area contributed by atoms with E-state index < -0.39 is 116 Å². The summed E-state index contributed by atoms with van der Waals surface area (Å²) in [5, 5.41) is 62.0. The number of nitrogens with zero attached hydrogens (tertiary/aromatic N) is 6. The van der Waals surface area contributed by atoms with E-state index in [-0.39, 0.29) is 41.4 Å². The van der Waals surface area contributed by atoms with E-state index in [4.69, 9.17) is 19.5 Å². The summed E-state index contributed by atoms with van der Waals surface area (Å²) in [6.07, 6.45) is -1.99. The quantitative estimate of drug-likeness (QED) is 0.0308. The molecular weight excluding hydrogens is 943 g/mol. The van der Waals surface area contributed by atoms with Gasteiger partial charge in [-0.25, -0.2) is 24.1 Å². The van der Waals surface area contributed by atoms with Gasteiger partial charge in [0.05, 0.1) is 57.3 Å². The lowest BCUT2D eigenvalue weighted by Gasteiger charge is -2.30. The fraction of sp³-hybridized carbons (Fsp3) is 0.528. The Bertz CT molecular complexity index is 2530. The minimum atomic E-state index is -5.32. The van der Waals surface area contributed by atoms with Crippen molar-refractivity contribution in [3.8, 4) is 0 Å². The molecule has 10 N–H and O–H groups in total. The van der Waals surface area contributed by atoms with E-state index in [0.717, 1.165) is 6.33 Å². The lowest BCUT2D eigenvalue weighted by molar-refractivity contribution is -0.729. The maximum atomic E-state index is 12.5. The molecule has 0 amide bonds. The lowest BCUT2D eigenvalue weighted by atomic mass is 10.1. The van der Waals surface area contributed by atoms with E-state index in [0.29, 0.717) is 11.1 Å². The molecule has 0 aromatic carbocycles. The molecule has 362 valence electrons. The molecule has 1 saturated heterocycles. The lowest BCUT2D eigenvalue weighted by Crippen LogP contribution is -2.45. The molecule has 1 aliphatic heterocycles. The first-order valence-corrected chi connectivity index (χ1v) is 24.3. The average Bonchev–Trinajstić information content (AvgIpc) is 3.98. The van der Waals surface area contributed by atoms with Gasteiger partial charge in [0.25, 0.3) is 0 Å². The van der Waals surface area contributed by atoms with Gasteiger partial charge in [0.1, 0.15) is 42.4 Å². The van der Waals surface area contributed by atoms with Crippen molar-refractivity contribution >= 4 is 52.0 Å². The first-order valence-electron chi connectivity index (χ1n) is 19.9. The second-order valence-corrected chi connectivity index (χ2v) is 20.0. The molecular formula is C36H48N7O20P3. The Labute approximate surface area is 374 Å². The van der Waals surface area contributed by atoms with Crippen LogP contribution in [-0.4, -0.2) is 134 Å². The minimum Gasteiger partial charge on any atom is -0.790 e.